The van der Waals surface area contributed by atoms with Gasteiger partial charge in [-0.15, -0.1) is 0 Å². The van der Waals surface area contributed by atoms with Crippen molar-refractivity contribution in [3.63, 3.8) is 0 Å². The number of nitrogens with one attached hydrogen (secondary N) is 1. The maximum atomic E-state index is 13.1. The number of nitrogens with two attached hydrogens (primary N) is 1. The molecule has 0 aromatic heterocycles. The summed E-state index contributed by atoms with van der Waals surface area (Å²) >= 11 is 0. The summed E-state index contributed by atoms with van der Waals surface area (Å²) in [7, 11) is 0. The van der Waals surface area contributed by atoms with Crippen LogP contribution < -0.4 is 11.1 Å². The number of piperazine rings is 1. The fourth-order valence-electron chi connectivity index (χ4n) is 2.18. The van der Waals surface area contributed by atoms with E-state index in [1.165, 1.54) is 11.0 Å². The summed E-state index contributed by atoms with van der Waals surface area (Å²) in [4.78, 5) is 24.8. The Morgan fingerprint density at radius 3 is 2.75 bits per heavy atom. The van der Waals surface area contributed by atoms with Gasteiger partial charge in [0, 0.05) is 19.6 Å². The van der Waals surface area contributed by atoms with Crippen LogP contribution in [0.3, 0.4) is 0 Å². The lowest BCUT2D eigenvalue weighted by molar-refractivity contribution is -0.139. The smallest absolute Gasteiger partial charge is 0.241 e. The van der Waals surface area contributed by atoms with Crippen LogP contribution in [0.5, 0.6) is 0 Å². The topological polar surface area (TPSA) is 75.4 Å². The predicted octanol–water partition coefficient (Wildman–Crippen LogP) is -0.207. The number of nitrogens with zero attached hydrogens (tertiary/aromatic N) is 1. The predicted molar refractivity (Wildman–Crippen MR) is 67.6 cm³/mol. The first-order valence-electron chi connectivity index (χ1n) is 6.22. The largest absolute Gasteiger partial charge is 0.368 e. The number of rotatable bonds is 3. The Morgan fingerprint density at radius 1 is 1.35 bits per heavy atom. The number of hydrogen-bond acceptors (Lipinski definition) is 3. The van der Waals surface area contributed by atoms with Gasteiger partial charge in [-0.1, -0.05) is 6.07 Å². The molecule has 2 amide bonds. The minimum Gasteiger partial charge on any atom is -0.368 e. The van der Waals surface area contributed by atoms with Crippen LogP contribution in [-0.2, 0) is 16.0 Å². The highest BCUT2D eigenvalue weighted by molar-refractivity contribution is 5.88. The third-order valence-corrected chi connectivity index (χ3v) is 3.23. The summed E-state index contributed by atoms with van der Waals surface area (Å²) in [6.07, 6.45) is -0.0963. The van der Waals surface area contributed by atoms with Crippen LogP contribution in [0, 0.1) is 11.6 Å². The van der Waals surface area contributed by atoms with Gasteiger partial charge in [-0.05, 0) is 17.7 Å². The molecule has 1 aromatic rings. The van der Waals surface area contributed by atoms with Crippen LogP contribution in [0.1, 0.15) is 5.56 Å². The van der Waals surface area contributed by atoms with Crippen LogP contribution in [0.15, 0.2) is 18.2 Å². The molecule has 0 bridgehead atoms. The number of carbonyl (C=O) groups is 2. The quantitative estimate of drug-likeness (QED) is 0.806. The zero-order chi connectivity index (χ0) is 14.7. The number of hydrogen-bond donors (Lipinski definition) is 2. The minimum absolute atomic E-state index is 0.0963. The van der Waals surface area contributed by atoms with Crippen molar-refractivity contribution in [3.8, 4) is 0 Å². The van der Waals surface area contributed by atoms with E-state index in [1.54, 1.807) is 0 Å². The molecular formula is C13H15F2N3O2. The summed E-state index contributed by atoms with van der Waals surface area (Å²) < 4.78 is 25.9. The van der Waals surface area contributed by atoms with Crippen LogP contribution in [0.4, 0.5) is 8.78 Å². The van der Waals surface area contributed by atoms with Crippen molar-refractivity contribution in [2.75, 3.05) is 19.6 Å². The van der Waals surface area contributed by atoms with Crippen molar-refractivity contribution in [3.05, 3.63) is 35.4 Å². The van der Waals surface area contributed by atoms with E-state index in [2.05, 4.69) is 5.32 Å². The first-order chi connectivity index (χ1) is 9.49. The average Bonchev–Trinajstić information content (AvgIpc) is 2.43. The van der Waals surface area contributed by atoms with Gasteiger partial charge in [0.1, 0.15) is 6.04 Å². The second-order valence-corrected chi connectivity index (χ2v) is 4.63. The van der Waals surface area contributed by atoms with Crippen molar-refractivity contribution >= 4 is 11.8 Å². The molecule has 0 saturated carbocycles. The van der Waals surface area contributed by atoms with Gasteiger partial charge < -0.3 is 16.0 Å². The summed E-state index contributed by atoms with van der Waals surface area (Å²) in [5.74, 6) is -2.88. The third kappa shape index (κ3) is 3.11. The number of primary amides is 1. The van der Waals surface area contributed by atoms with E-state index in [1.807, 2.05) is 0 Å². The normalized spacial score (nSPS) is 18.9. The van der Waals surface area contributed by atoms with Crippen LogP contribution in [0.2, 0.25) is 0 Å². The molecule has 3 N–H and O–H groups in total. The lowest BCUT2D eigenvalue weighted by atomic mass is 10.1. The Hall–Kier alpha value is -2.02. The summed E-state index contributed by atoms with van der Waals surface area (Å²) in [5.41, 5.74) is 5.61. The Balaban J connectivity index is 2.09. The van der Waals surface area contributed by atoms with Crippen LogP contribution >= 0.6 is 0 Å². The standard InChI is InChI=1S/C13H15F2N3O2/c14-9-2-1-8(5-10(9)15)6-12(19)18-4-3-17-7-11(18)13(16)20/h1-2,5,11,17H,3-4,6-7H2,(H2,16,20). The van der Waals surface area contributed by atoms with Gasteiger partial charge in [0.2, 0.25) is 11.8 Å². The first kappa shape index (κ1) is 14.4. The van der Waals surface area contributed by atoms with Crippen LogP contribution in [0.25, 0.3) is 0 Å². The van der Waals surface area contributed by atoms with Gasteiger partial charge >= 0.3 is 0 Å². The molecule has 0 radical (unpaired) electrons. The lowest BCUT2D eigenvalue weighted by Gasteiger charge is -2.34. The van der Waals surface area contributed by atoms with Crippen molar-refractivity contribution in [1.82, 2.24) is 10.2 Å². The van der Waals surface area contributed by atoms with Crippen molar-refractivity contribution in [1.29, 1.82) is 0 Å². The van der Waals surface area contributed by atoms with E-state index in [0.29, 0.717) is 25.2 Å². The Bertz CT molecular complexity index is 536. The van der Waals surface area contributed by atoms with Gasteiger partial charge in [-0.3, -0.25) is 9.59 Å². The molecule has 1 saturated heterocycles. The van der Waals surface area contributed by atoms with Gasteiger partial charge in [-0.2, -0.15) is 0 Å². The maximum absolute atomic E-state index is 13.1. The highest BCUT2D eigenvalue weighted by Gasteiger charge is 2.30. The van der Waals surface area contributed by atoms with E-state index >= 15 is 0 Å². The highest BCUT2D eigenvalue weighted by Crippen LogP contribution is 2.12. The van der Waals surface area contributed by atoms with Gasteiger partial charge in [0.25, 0.3) is 0 Å². The van der Waals surface area contributed by atoms with Gasteiger partial charge in [-0.25, -0.2) is 8.78 Å². The molecule has 7 heteroatoms. The Morgan fingerprint density at radius 2 is 2.10 bits per heavy atom. The monoisotopic (exact) mass is 283 g/mol. The molecule has 1 heterocycles. The molecule has 2 rings (SSSR count). The molecule has 0 aliphatic carbocycles. The average molecular weight is 283 g/mol. The molecule has 0 spiro atoms. The zero-order valence-electron chi connectivity index (χ0n) is 10.7. The number of carbonyl (C=O) groups excluding carboxylic acids is 2. The van der Waals surface area contributed by atoms with Crippen molar-refractivity contribution < 1.29 is 18.4 Å². The second kappa shape index (κ2) is 5.96. The zero-order valence-corrected chi connectivity index (χ0v) is 10.7. The van der Waals surface area contributed by atoms with Gasteiger partial charge in [0.05, 0.1) is 6.42 Å². The molecule has 1 atom stereocenters. The number of halogens is 2. The summed E-state index contributed by atoms with van der Waals surface area (Å²) in [6, 6.07) is 2.59. The fourth-order valence-corrected chi connectivity index (χ4v) is 2.18. The van der Waals surface area contributed by atoms with E-state index in [-0.39, 0.29) is 12.3 Å². The molecule has 1 fully saturated rings. The molecule has 1 aliphatic rings. The van der Waals surface area contributed by atoms with E-state index < -0.39 is 23.6 Å². The first-order valence-corrected chi connectivity index (χ1v) is 6.22. The van der Waals surface area contributed by atoms with Crippen LogP contribution in [-0.4, -0.2) is 42.4 Å². The van der Waals surface area contributed by atoms with Gasteiger partial charge in [0.15, 0.2) is 11.6 Å². The summed E-state index contributed by atoms with van der Waals surface area (Å²) in [6.45, 7) is 1.22. The molecule has 5 nitrogen and oxygen atoms in total. The SMILES string of the molecule is NC(=O)C1CNCCN1C(=O)Cc1ccc(F)c(F)c1. The summed E-state index contributed by atoms with van der Waals surface area (Å²) in [5, 5.41) is 2.98. The molecule has 1 aliphatic heterocycles. The van der Waals surface area contributed by atoms with E-state index in [4.69, 9.17) is 5.73 Å². The third-order valence-electron chi connectivity index (χ3n) is 3.23. The molecule has 1 aromatic carbocycles. The minimum atomic E-state index is -0.998. The molecule has 1 unspecified atom stereocenters. The molecular weight excluding hydrogens is 268 g/mol. The van der Waals surface area contributed by atoms with Crippen molar-refractivity contribution in [2.45, 2.75) is 12.5 Å². The highest BCUT2D eigenvalue weighted by atomic mass is 19.2. The Labute approximate surface area is 114 Å². The van der Waals surface area contributed by atoms with E-state index in [9.17, 15) is 18.4 Å². The molecule has 20 heavy (non-hydrogen) atoms. The van der Waals surface area contributed by atoms with E-state index in [0.717, 1.165) is 12.1 Å². The number of benzene rings is 1. The second-order valence-electron chi connectivity index (χ2n) is 4.63. The molecule has 108 valence electrons. The number of amides is 2. The maximum Gasteiger partial charge on any atom is 0.241 e. The lowest BCUT2D eigenvalue weighted by Crippen LogP contribution is -2.59. The van der Waals surface area contributed by atoms with Crippen molar-refractivity contribution in [2.24, 2.45) is 5.73 Å². The fraction of sp³-hybridized carbons (Fsp3) is 0.385. The Kier molecular flexibility index (Phi) is 4.29.